The smallest absolute Gasteiger partial charge is 0.122 e. The van der Waals surface area contributed by atoms with Crippen molar-refractivity contribution in [1.29, 1.82) is 0 Å². The third kappa shape index (κ3) is 3.88. The Morgan fingerprint density at radius 1 is 0.571 bits per heavy atom. The van der Waals surface area contributed by atoms with Gasteiger partial charge in [-0.2, -0.15) is 0 Å². The molecule has 0 spiro atoms. The maximum atomic E-state index is 10.1. The number of benzene rings is 2. The zero-order chi connectivity index (χ0) is 19.7. The summed E-state index contributed by atoms with van der Waals surface area (Å²) in [5, 5.41) is 44.2. The summed E-state index contributed by atoms with van der Waals surface area (Å²) >= 11 is 0. The second-order valence-corrected chi connectivity index (χ2v) is 7.94. The van der Waals surface area contributed by atoms with E-state index in [1.165, 1.54) is 12.1 Å². The Morgan fingerprint density at radius 3 is 1.64 bits per heavy atom. The monoisotopic (exact) mass is 384 g/mol. The molecule has 0 amide bonds. The highest BCUT2D eigenvalue weighted by Crippen LogP contribution is 2.38. The number of hydrogen-bond acceptors (Lipinski definition) is 6. The fraction of sp³-hybridized carbons (Fsp3) is 0.455. The van der Waals surface area contributed by atoms with E-state index in [1.54, 1.807) is 18.2 Å². The Balaban J connectivity index is 1.32. The molecular formula is C22H28N2O4. The number of phenolic OH excluding ortho intramolecular Hbond substituents is 4. The molecule has 4 N–H and O–H groups in total. The minimum absolute atomic E-state index is 0.0966. The summed E-state index contributed by atoms with van der Waals surface area (Å²) in [5.41, 5.74) is 1.77. The molecule has 2 aliphatic rings. The van der Waals surface area contributed by atoms with E-state index in [-0.39, 0.29) is 28.9 Å². The number of rotatable bonds is 3. The summed E-state index contributed by atoms with van der Waals surface area (Å²) in [5.74, 6) is 1.35. The van der Waals surface area contributed by atoms with Crippen LogP contribution in [0, 0.1) is 0 Å². The van der Waals surface area contributed by atoms with Crippen LogP contribution in [0.25, 0.3) is 0 Å². The fourth-order valence-electron chi connectivity index (χ4n) is 4.67. The van der Waals surface area contributed by atoms with E-state index in [4.69, 9.17) is 0 Å². The van der Waals surface area contributed by atoms with E-state index in [9.17, 15) is 20.4 Å². The van der Waals surface area contributed by atoms with Crippen molar-refractivity contribution in [2.45, 2.75) is 37.5 Å². The number of phenols is 4. The van der Waals surface area contributed by atoms with Crippen LogP contribution in [-0.2, 0) is 0 Å². The van der Waals surface area contributed by atoms with E-state index in [0.29, 0.717) is 5.92 Å². The van der Waals surface area contributed by atoms with Gasteiger partial charge in [-0.3, -0.25) is 0 Å². The van der Waals surface area contributed by atoms with Gasteiger partial charge >= 0.3 is 0 Å². The molecule has 2 heterocycles. The van der Waals surface area contributed by atoms with Gasteiger partial charge in [0.05, 0.1) is 0 Å². The summed E-state index contributed by atoms with van der Waals surface area (Å²) in [4.78, 5) is 0. The SMILES string of the molecule is Oc1ccc(C2CCN(N3CCC(c4cc(O)ccc4O)CC3)CC2)c(O)c1. The molecule has 6 heteroatoms. The first kappa shape index (κ1) is 18.9. The molecule has 6 nitrogen and oxygen atoms in total. The van der Waals surface area contributed by atoms with Crippen LogP contribution in [0.4, 0.5) is 0 Å². The summed E-state index contributed by atoms with van der Waals surface area (Å²) in [6.45, 7) is 3.78. The Bertz CT molecular complexity index is 825. The molecule has 2 aromatic rings. The second kappa shape index (κ2) is 7.89. The molecule has 0 radical (unpaired) electrons. The van der Waals surface area contributed by atoms with Crippen LogP contribution in [0.2, 0.25) is 0 Å². The Morgan fingerprint density at radius 2 is 1.07 bits per heavy atom. The molecule has 4 rings (SSSR count). The van der Waals surface area contributed by atoms with Gasteiger partial charge in [0.1, 0.15) is 23.0 Å². The van der Waals surface area contributed by atoms with Crippen LogP contribution in [0.1, 0.15) is 48.6 Å². The molecule has 28 heavy (non-hydrogen) atoms. The van der Waals surface area contributed by atoms with Gasteiger partial charge in [-0.05, 0) is 67.3 Å². The van der Waals surface area contributed by atoms with Crippen LogP contribution >= 0.6 is 0 Å². The first-order valence-electron chi connectivity index (χ1n) is 10.0. The molecular weight excluding hydrogens is 356 g/mol. The molecule has 2 aliphatic heterocycles. The van der Waals surface area contributed by atoms with Gasteiger partial charge in [0.2, 0.25) is 0 Å². The van der Waals surface area contributed by atoms with Crippen LogP contribution < -0.4 is 0 Å². The number of nitrogens with zero attached hydrogens (tertiary/aromatic N) is 2. The first-order valence-corrected chi connectivity index (χ1v) is 10.0. The van der Waals surface area contributed by atoms with Crippen molar-refractivity contribution in [3.05, 3.63) is 47.5 Å². The molecule has 0 saturated carbocycles. The molecule has 0 bridgehead atoms. The number of piperidine rings is 2. The maximum Gasteiger partial charge on any atom is 0.122 e. The van der Waals surface area contributed by atoms with Gasteiger partial charge < -0.3 is 20.4 Å². The minimum atomic E-state index is 0.0966. The van der Waals surface area contributed by atoms with Crippen molar-refractivity contribution in [3.63, 3.8) is 0 Å². The number of hydrazine groups is 1. The van der Waals surface area contributed by atoms with Gasteiger partial charge in [-0.1, -0.05) is 6.07 Å². The highest BCUT2D eigenvalue weighted by atomic mass is 16.3. The molecule has 0 atom stereocenters. The van der Waals surface area contributed by atoms with Crippen molar-refractivity contribution >= 4 is 0 Å². The standard InChI is InChI=1S/C22H28N2O4/c25-17-2-4-21(27)20(13-17)16-7-11-24(12-8-16)23-9-5-15(6-10-23)19-3-1-18(26)14-22(19)28/h1-4,13-16,25-28H,5-12H2. The lowest BCUT2D eigenvalue weighted by molar-refractivity contribution is -0.0587. The maximum absolute atomic E-state index is 10.1. The summed E-state index contributed by atoms with van der Waals surface area (Å²) in [6, 6.07) is 9.67. The van der Waals surface area contributed by atoms with Crippen LogP contribution in [0.3, 0.4) is 0 Å². The number of aromatic hydroxyl groups is 4. The van der Waals surface area contributed by atoms with E-state index in [0.717, 1.165) is 63.0 Å². The van der Waals surface area contributed by atoms with E-state index < -0.39 is 0 Å². The van der Waals surface area contributed by atoms with Crippen molar-refractivity contribution in [2.75, 3.05) is 26.2 Å². The Kier molecular flexibility index (Phi) is 5.33. The molecule has 0 unspecified atom stereocenters. The van der Waals surface area contributed by atoms with Gasteiger partial charge in [0, 0.05) is 37.8 Å². The molecule has 2 aromatic carbocycles. The Hall–Kier alpha value is -2.44. The predicted molar refractivity (Wildman–Crippen MR) is 107 cm³/mol. The predicted octanol–water partition coefficient (Wildman–Crippen LogP) is 3.48. The quantitative estimate of drug-likeness (QED) is 0.606. The number of hydrogen-bond donors (Lipinski definition) is 4. The zero-order valence-corrected chi connectivity index (χ0v) is 16.0. The molecule has 2 saturated heterocycles. The zero-order valence-electron chi connectivity index (χ0n) is 16.0. The third-order valence-corrected chi connectivity index (χ3v) is 6.25. The Labute approximate surface area is 165 Å². The highest BCUT2D eigenvalue weighted by Gasteiger charge is 2.30. The lowest BCUT2D eigenvalue weighted by Gasteiger charge is -2.43. The largest absolute Gasteiger partial charge is 0.508 e. The highest BCUT2D eigenvalue weighted by molar-refractivity contribution is 5.42. The van der Waals surface area contributed by atoms with Gasteiger partial charge in [0.25, 0.3) is 0 Å². The minimum Gasteiger partial charge on any atom is -0.508 e. The fourth-order valence-corrected chi connectivity index (χ4v) is 4.67. The van der Waals surface area contributed by atoms with Crippen LogP contribution in [0.15, 0.2) is 36.4 Å². The van der Waals surface area contributed by atoms with Crippen LogP contribution in [-0.4, -0.2) is 56.6 Å². The molecule has 150 valence electrons. The van der Waals surface area contributed by atoms with Gasteiger partial charge in [0.15, 0.2) is 0 Å². The van der Waals surface area contributed by atoms with Crippen LogP contribution in [0.5, 0.6) is 23.0 Å². The molecule has 0 aliphatic carbocycles. The van der Waals surface area contributed by atoms with Gasteiger partial charge in [-0.15, -0.1) is 0 Å². The molecule has 2 fully saturated rings. The summed E-state index contributed by atoms with van der Waals surface area (Å²) in [7, 11) is 0. The van der Waals surface area contributed by atoms with Crippen molar-refractivity contribution in [3.8, 4) is 23.0 Å². The lowest BCUT2D eigenvalue weighted by Crippen LogP contribution is -2.49. The van der Waals surface area contributed by atoms with Gasteiger partial charge in [-0.25, -0.2) is 10.0 Å². The lowest BCUT2D eigenvalue weighted by atomic mass is 9.88. The molecule has 0 aromatic heterocycles. The normalized spacial score (nSPS) is 20.4. The summed E-state index contributed by atoms with van der Waals surface area (Å²) < 4.78 is 0. The van der Waals surface area contributed by atoms with Crippen molar-refractivity contribution in [2.24, 2.45) is 0 Å². The van der Waals surface area contributed by atoms with E-state index in [1.807, 2.05) is 6.07 Å². The second-order valence-electron chi connectivity index (χ2n) is 7.94. The van der Waals surface area contributed by atoms with E-state index in [2.05, 4.69) is 10.0 Å². The average Bonchev–Trinajstić information content (AvgIpc) is 2.70. The van der Waals surface area contributed by atoms with E-state index >= 15 is 0 Å². The third-order valence-electron chi connectivity index (χ3n) is 6.25. The topological polar surface area (TPSA) is 87.4 Å². The average molecular weight is 384 g/mol. The van der Waals surface area contributed by atoms with Crippen molar-refractivity contribution < 1.29 is 20.4 Å². The van der Waals surface area contributed by atoms with Crippen molar-refractivity contribution in [1.82, 2.24) is 10.0 Å². The first-order chi connectivity index (χ1) is 13.5. The summed E-state index contributed by atoms with van der Waals surface area (Å²) in [6.07, 6.45) is 3.86.